The number of methoxy groups -OCH3 is 1. The molecule has 1 aromatic heterocycles. The Labute approximate surface area is 175 Å². The number of benzene rings is 2. The van der Waals surface area contributed by atoms with E-state index in [0.717, 1.165) is 35.9 Å². The van der Waals surface area contributed by atoms with E-state index in [0.29, 0.717) is 24.3 Å². The van der Waals surface area contributed by atoms with Crippen LogP contribution >= 0.6 is 0 Å². The van der Waals surface area contributed by atoms with Crippen molar-refractivity contribution in [2.24, 2.45) is 0 Å². The molecule has 6 nitrogen and oxygen atoms in total. The lowest BCUT2D eigenvalue weighted by atomic mass is 10.1. The minimum atomic E-state index is -0.300. The summed E-state index contributed by atoms with van der Waals surface area (Å²) in [6.45, 7) is 6.50. The van der Waals surface area contributed by atoms with Crippen LogP contribution in [-0.2, 0) is 0 Å². The van der Waals surface area contributed by atoms with Crippen molar-refractivity contribution < 1.29 is 13.9 Å². The molecule has 0 atom stereocenters. The van der Waals surface area contributed by atoms with Crippen LogP contribution in [0.2, 0.25) is 0 Å². The lowest BCUT2D eigenvalue weighted by Gasteiger charge is -2.36. The van der Waals surface area contributed by atoms with Crippen molar-refractivity contribution in [1.29, 1.82) is 0 Å². The Balaban J connectivity index is 1.50. The van der Waals surface area contributed by atoms with E-state index in [-0.39, 0.29) is 11.7 Å². The Hall–Kier alpha value is -3.35. The van der Waals surface area contributed by atoms with Crippen molar-refractivity contribution in [3.63, 3.8) is 0 Å². The highest BCUT2D eigenvalue weighted by atomic mass is 19.1. The number of anilines is 1. The molecule has 1 aliphatic heterocycles. The van der Waals surface area contributed by atoms with Gasteiger partial charge in [-0.2, -0.15) is 5.10 Å². The fourth-order valence-corrected chi connectivity index (χ4v) is 3.92. The van der Waals surface area contributed by atoms with Crippen LogP contribution in [-0.4, -0.2) is 53.9 Å². The van der Waals surface area contributed by atoms with Gasteiger partial charge in [0.05, 0.1) is 29.7 Å². The van der Waals surface area contributed by atoms with Crippen LogP contribution in [0.1, 0.15) is 21.7 Å². The van der Waals surface area contributed by atoms with Gasteiger partial charge in [-0.1, -0.05) is 6.07 Å². The van der Waals surface area contributed by atoms with E-state index in [1.54, 1.807) is 23.9 Å². The highest BCUT2D eigenvalue weighted by Gasteiger charge is 2.27. The van der Waals surface area contributed by atoms with Crippen LogP contribution in [0, 0.1) is 19.7 Å². The standard InChI is InChI=1S/C23H25FN4O2/c1-16-22(17(2)28(25-16)19-9-7-18(24)8-10-19)23(29)27-13-11-26(12-14-27)20-5-4-6-21(15-20)30-3/h4-10,15H,11-14H2,1-3H3. The van der Waals surface area contributed by atoms with Gasteiger partial charge in [-0.25, -0.2) is 9.07 Å². The van der Waals surface area contributed by atoms with Gasteiger partial charge in [0, 0.05) is 37.9 Å². The molecule has 4 rings (SSSR count). The molecule has 2 heterocycles. The number of hydrogen-bond acceptors (Lipinski definition) is 4. The summed E-state index contributed by atoms with van der Waals surface area (Å²) in [5.41, 5.74) is 3.89. The van der Waals surface area contributed by atoms with Gasteiger partial charge in [0.2, 0.25) is 0 Å². The third-order valence-electron chi connectivity index (χ3n) is 5.56. The van der Waals surface area contributed by atoms with Gasteiger partial charge < -0.3 is 14.5 Å². The topological polar surface area (TPSA) is 50.6 Å². The molecule has 7 heteroatoms. The van der Waals surface area contributed by atoms with Gasteiger partial charge in [-0.05, 0) is 50.2 Å². The van der Waals surface area contributed by atoms with Crippen molar-refractivity contribution in [1.82, 2.24) is 14.7 Å². The van der Waals surface area contributed by atoms with Crippen LogP contribution in [0.4, 0.5) is 10.1 Å². The van der Waals surface area contributed by atoms with Crippen LogP contribution in [0.5, 0.6) is 5.75 Å². The molecule has 0 aliphatic carbocycles. The van der Waals surface area contributed by atoms with Gasteiger partial charge in [-0.15, -0.1) is 0 Å². The Kier molecular flexibility index (Phi) is 5.44. The van der Waals surface area contributed by atoms with E-state index in [2.05, 4.69) is 16.1 Å². The Morgan fingerprint density at radius 1 is 1.00 bits per heavy atom. The Bertz CT molecular complexity index is 1050. The number of rotatable bonds is 4. The van der Waals surface area contributed by atoms with Crippen molar-refractivity contribution >= 4 is 11.6 Å². The molecule has 0 bridgehead atoms. The monoisotopic (exact) mass is 408 g/mol. The van der Waals surface area contributed by atoms with Crippen molar-refractivity contribution in [2.45, 2.75) is 13.8 Å². The largest absolute Gasteiger partial charge is 0.497 e. The molecular formula is C23H25FN4O2. The summed E-state index contributed by atoms with van der Waals surface area (Å²) in [5.74, 6) is 0.514. The minimum Gasteiger partial charge on any atom is -0.497 e. The number of aromatic nitrogens is 2. The van der Waals surface area contributed by atoms with E-state index >= 15 is 0 Å². The Morgan fingerprint density at radius 2 is 1.70 bits per heavy atom. The highest BCUT2D eigenvalue weighted by Crippen LogP contribution is 2.24. The van der Waals surface area contributed by atoms with Crippen molar-refractivity contribution in [3.8, 4) is 11.4 Å². The molecule has 1 amide bonds. The number of nitrogens with zero attached hydrogens (tertiary/aromatic N) is 4. The molecule has 2 aromatic carbocycles. The first-order valence-electron chi connectivity index (χ1n) is 9.98. The van der Waals surface area contributed by atoms with Crippen molar-refractivity contribution in [2.75, 3.05) is 38.2 Å². The number of carbonyl (C=O) groups is 1. The smallest absolute Gasteiger partial charge is 0.257 e. The number of halogens is 1. The first-order chi connectivity index (χ1) is 14.5. The highest BCUT2D eigenvalue weighted by molar-refractivity contribution is 5.96. The van der Waals surface area contributed by atoms with Gasteiger partial charge in [0.1, 0.15) is 11.6 Å². The maximum atomic E-state index is 13.3. The average Bonchev–Trinajstić information content (AvgIpc) is 3.07. The van der Waals surface area contributed by atoms with Crippen LogP contribution in [0.3, 0.4) is 0 Å². The summed E-state index contributed by atoms with van der Waals surface area (Å²) in [7, 11) is 1.66. The fraction of sp³-hybridized carbons (Fsp3) is 0.304. The zero-order valence-electron chi connectivity index (χ0n) is 17.4. The quantitative estimate of drug-likeness (QED) is 0.662. The summed E-state index contributed by atoms with van der Waals surface area (Å²) in [5, 5.41) is 4.53. The second-order valence-electron chi connectivity index (χ2n) is 7.41. The summed E-state index contributed by atoms with van der Waals surface area (Å²) in [4.78, 5) is 17.4. The van der Waals surface area contributed by atoms with Crippen LogP contribution in [0.15, 0.2) is 48.5 Å². The summed E-state index contributed by atoms with van der Waals surface area (Å²) in [6.07, 6.45) is 0. The third kappa shape index (κ3) is 3.75. The summed E-state index contributed by atoms with van der Waals surface area (Å²) < 4.78 is 20.3. The number of aryl methyl sites for hydroxylation is 1. The second kappa shape index (κ2) is 8.18. The third-order valence-corrected chi connectivity index (χ3v) is 5.56. The molecule has 0 unspecified atom stereocenters. The lowest BCUT2D eigenvalue weighted by Crippen LogP contribution is -2.49. The molecule has 30 heavy (non-hydrogen) atoms. The molecular weight excluding hydrogens is 383 g/mol. The number of piperazine rings is 1. The summed E-state index contributed by atoms with van der Waals surface area (Å²) in [6, 6.07) is 14.1. The van der Waals surface area contributed by atoms with E-state index in [1.807, 2.05) is 36.9 Å². The van der Waals surface area contributed by atoms with E-state index in [9.17, 15) is 9.18 Å². The van der Waals surface area contributed by atoms with Gasteiger partial charge >= 0.3 is 0 Å². The van der Waals surface area contributed by atoms with E-state index < -0.39 is 0 Å². The van der Waals surface area contributed by atoms with Crippen molar-refractivity contribution in [3.05, 3.63) is 71.3 Å². The fourth-order valence-electron chi connectivity index (χ4n) is 3.92. The molecule has 1 aliphatic rings. The number of carbonyl (C=O) groups excluding carboxylic acids is 1. The first kappa shape index (κ1) is 19.9. The SMILES string of the molecule is COc1cccc(N2CCN(C(=O)c3c(C)nn(-c4ccc(F)cc4)c3C)CC2)c1. The lowest BCUT2D eigenvalue weighted by molar-refractivity contribution is 0.0745. The molecule has 156 valence electrons. The molecule has 1 saturated heterocycles. The number of hydrogen-bond donors (Lipinski definition) is 0. The van der Waals surface area contributed by atoms with Gasteiger partial charge in [0.15, 0.2) is 0 Å². The van der Waals surface area contributed by atoms with Gasteiger partial charge in [-0.3, -0.25) is 4.79 Å². The maximum absolute atomic E-state index is 13.3. The molecule has 1 fully saturated rings. The molecule has 0 radical (unpaired) electrons. The zero-order chi connectivity index (χ0) is 21.3. The maximum Gasteiger partial charge on any atom is 0.257 e. The molecule has 0 saturated carbocycles. The van der Waals surface area contributed by atoms with E-state index in [1.165, 1.54) is 12.1 Å². The zero-order valence-corrected chi connectivity index (χ0v) is 17.4. The molecule has 3 aromatic rings. The minimum absolute atomic E-state index is 0.0105. The second-order valence-corrected chi connectivity index (χ2v) is 7.41. The molecule has 0 N–H and O–H groups in total. The molecule has 0 spiro atoms. The van der Waals surface area contributed by atoms with Crippen LogP contribution in [0.25, 0.3) is 5.69 Å². The first-order valence-corrected chi connectivity index (χ1v) is 9.98. The predicted molar refractivity (Wildman–Crippen MR) is 114 cm³/mol. The Morgan fingerprint density at radius 3 is 2.37 bits per heavy atom. The number of ether oxygens (including phenoxy) is 1. The van der Waals surface area contributed by atoms with E-state index in [4.69, 9.17) is 4.74 Å². The average molecular weight is 408 g/mol. The summed E-state index contributed by atoms with van der Waals surface area (Å²) >= 11 is 0. The number of amides is 1. The van der Waals surface area contributed by atoms with Gasteiger partial charge in [0.25, 0.3) is 5.91 Å². The van der Waals surface area contributed by atoms with Crippen LogP contribution < -0.4 is 9.64 Å². The normalized spacial score (nSPS) is 14.1. The predicted octanol–water partition coefficient (Wildman–Crippen LogP) is 3.60.